The molecule has 3 rings (SSSR count). The van der Waals surface area contributed by atoms with E-state index in [0.717, 1.165) is 32.7 Å². The van der Waals surface area contributed by atoms with E-state index in [4.69, 9.17) is 4.74 Å². The van der Waals surface area contributed by atoms with E-state index in [9.17, 15) is 5.26 Å². The van der Waals surface area contributed by atoms with E-state index >= 15 is 0 Å². The topological polar surface area (TPSA) is 39.5 Å². The molecule has 100 valence electrons. The molecule has 0 saturated carbocycles. The molecule has 19 heavy (non-hydrogen) atoms. The molecule has 0 N–H and O–H groups in total. The van der Waals surface area contributed by atoms with Gasteiger partial charge in [-0.3, -0.25) is 9.80 Å². The zero-order chi connectivity index (χ0) is 13.1. The van der Waals surface area contributed by atoms with E-state index < -0.39 is 0 Å². The summed E-state index contributed by atoms with van der Waals surface area (Å²) in [6.07, 6.45) is 0. The van der Waals surface area contributed by atoms with Crippen LogP contribution in [-0.4, -0.2) is 54.7 Å². The van der Waals surface area contributed by atoms with Crippen molar-refractivity contribution in [2.75, 3.05) is 39.4 Å². The van der Waals surface area contributed by atoms with Crippen LogP contribution in [0.1, 0.15) is 5.56 Å². The monoisotopic (exact) mass is 257 g/mol. The van der Waals surface area contributed by atoms with Crippen molar-refractivity contribution in [3.8, 4) is 6.07 Å². The molecule has 2 saturated heterocycles. The summed E-state index contributed by atoms with van der Waals surface area (Å²) in [5.41, 5.74) is 1.02. The van der Waals surface area contributed by atoms with Crippen LogP contribution in [-0.2, 0) is 11.3 Å². The number of rotatable bonds is 3. The number of nitriles is 1. The van der Waals surface area contributed by atoms with Crippen molar-refractivity contribution < 1.29 is 4.74 Å². The van der Waals surface area contributed by atoms with E-state index in [2.05, 4.69) is 46.2 Å². The molecule has 0 aliphatic carbocycles. The molecule has 2 aliphatic rings. The Morgan fingerprint density at radius 3 is 2.32 bits per heavy atom. The molecule has 1 aromatic rings. The van der Waals surface area contributed by atoms with Crippen molar-refractivity contribution >= 4 is 0 Å². The van der Waals surface area contributed by atoms with Crippen LogP contribution >= 0.6 is 0 Å². The fourth-order valence-corrected chi connectivity index (χ4v) is 2.79. The fourth-order valence-electron chi connectivity index (χ4n) is 2.79. The lowest BCUT2D eigenvalue weighted by Gasteiger charge is -2.47. The van der Waals surface area contributed by atoms with Gasteiger partial charge in [0.15, 0.2) is 5.54 Å². The second-order valence-electron chi connectivity index (χ2n) is 5.38. The molecule has 0 bridgehead atoms. The van der Waals surface area contributed by atoms with Crippen LogP contribution in [0.4, 0.5) is 0 Å². The maximum Gasteiger partial charge on any atom is 0.156 e. The smallest absolute Gasteiger partial charge is 0.156 e. The third-order valence-electron chi connectivity index (χ3n) is 4.12. The fraction of sp³-hybridized carbons (Fsp3) is 0.533. The lowest BCUT2D eigenvalue weighted by atomic mass is 9.96. The largest absolute Gasteiger partial charge is 0.375 e. The van der Waals surface area contributed by atoms with Gasteiger partial charge in [-0.1, -0.05) is 30.3 Å². The second-order valence-corrected chi connectivity index (χ2v) is 5.38. The minimum absolute atomic E-state index is 0.334. The van der Waals surface area contributed by atoms with E-state index in [1.807, 2.05) is 0 Å². The zero-order valence-corrected chi connectivity index (χ0v) is 11.1. The Morgan fingerprint density at radius 1 is 1.11 bits per heavy atom. The standard InChI is InChI=1S/C15H19N3O/c16-11-15(12-19-13-15)18-8-6-17(7-9-18)10-14-4-2-1-3-5-14/h1-5H,6-10,12-13H2. The summed E-state index contributed by atoms with van der Waals surface area (Å²) < 4.78 is 5.23. The van der Waals surface area contributed by atoms with E-state index in [0.29, 0.717) is 13.2 Å². The van der Waals surface area contributed by atoms with Crippen molar-refractivity contribution in [1.82, 2.24) is 9.80 Å². The van der Waals surface area contributed by atoms with Gasteiger partial charge in [-0.2, -0.15) is 5.26 Å². The summed E-state index contributed by atoms with van der Waals surface area (Å²) in [5.74, 6) is 0. The van der Waals surface area contributed by atoms with Crippen LogP contribution in [0.25, 0.3) is 0 Å². The number of hydrogen-bond donors (Lipinski definition) is 0. The third kappa shape index (κ3) is 2.50. The number of nitrogens with zero attached hydrogens (tertiary/aromatic N) is 3. The first-order valence-electron chi connectivity index (χ1n) is 6.83. The summed E-state index contributed by atoms with van der Waals surface area (Å²) >= 11 is 0. The molecule has 1 aromatic carbocycles. The molecule has 2 fully saturated rings. The highest BCUT2D eigenvalue weighted by Crippen LogP contribution is 2.25. The molecule has 2 aliphatic heterocycles. The molecule has 0 aromatic heterocycles. The highest BCUT2D eigenvalue weighted by Gasteiger charge is 2.45. The van der Waals surface area contributed by atoms with E-state index in [1.165, 1.54) is 5.56 Å². The predicted molar refractivity (Wildman–Crippen MR) is 72.5 cm³/mol. The van der Waals surface area contributed by atoms with Crippen molar-refractivity contribution in [2.24, 2.45) is 0 Å². The Kier molecular flexibility index (Phi) is 3.52. The highest BCUT2D eigenvalue weighted by atomic mass is 16.5. The average Bonchev–Trinajstić information content (AvgIpc) is 2.41. The Morgan fingerprint density at radius 2 is 1.79 bits per heavy atom. The van der Waals surface area contributed by atoms with Gasteiger partial charge in [0.05, 0.1) is 19.3 Å². The summed E-state index contributed by atoms with van der Waals surface area (Å²) in [7, 11) is 0. The van der Waals surface area contributed by atoms with Crippen LogP contribution < -0.4 is 0 Å². The molecule has 0 spiro atoms. The summed E-state index contributed by atoms with van der Waals surface area (Å²) in [6, 6.07) is 13.0. The summed E-state index contributed by atoms with van der Waals surface area (Å²) in [5, 5.41) is 9.30. The molecule has 2 heterocycles. The third-order valence-corrected chi connectivity index (χ3v) is 4.12. The van der Waals surface area contributed by atoms with Crippen molar-refractivity contribution in [3.63, 3.8) is 0 Å². The first-order valence-corrected chi connectivity index (χ1v) is 6.83. The van der Waals surface area contributed by atoms with Crippen LogP contribution in [0, 0.1) is 11.3 Å². The van der Waals surface area contributed by atoms with Crippen LogP contribution in [0.3, 0.4) is 0 Å². The maximum atomic E-state index is 9.30. The molecular formula is C15H19N3O. The summed E-state index contributed by atoms with van der Waals surface area (Å²) in [4.78, 5) is 4.74. The Labute approximate surface area is 114 Å². The number of hydrogen-bond acceptors (Lipinski definition) is 4. The normalized spacial score (nSPS) is 23.5. The molecule has 0 radical (unpaired) electrons. The van der Waals surface area contributed by atoms with Crippen LogP contribution in [0.15, 0.2) is 30.3 Å². The molecule has 0 atom stereocenters. The second kappa shape index (κ2) is 5.30. The zero-order valence-electron chi connectivity index (χ0n) is 11.1. The van der Waals surface area contributed by atoms with Gasteiger partial charge in [-0.05, 0) is 5.56 Å². The lowest BCUT2D eigenvalue weighted by Crippen LogP contribution is -2.65. The average molecular weight is 257 g/mol. The SMILES string of the molecule is N#CC1(N2CCN(Cc3ccccc3)CC2)COC1. The minimum Gasteiger partial charge on any atom is -0.375 e. The lowest BCUT2D eigenvalue weighted by molar-refractivity contribution is -0.119. The number of benzene rings is 1. The predicted octanol–water partition coefficient (Wildman–Crippen LogP) is 1.10. The first-order chi connectivity index (χ1) is 9.32. The Hall–Kier alpha value is -1.41. The van der Waals surface area contributed by atoms with Gasteiger partial charge in [0.25, 0.3) is 0 Å². The Balaban J connectivity index is 1.54. The Bertz CT molecular complexity index is 456. The van der Waals surface area contributed by atoms with E-state index in [-0.39, 0.29) is 5.54 Å². The van der Waals surface area contributed by atoms with Crippen molar-refractivity contribution in [2.45, 2.75) is 12.1 Å². The maximum absolute atomic E-state index is 9.30. The molecular weight excluding hydrogens is 238 g/mol. The van der Waals surface area contributed by atoms with Gasteiger partial charge < -0.3 is 4.74 Å². The minimum atomic E-state index is -0.334. The summed E-state index contributed by atoms with van der Waals surface area (Å²) in [6.45, 7) is 6.12. The number of piperazine rings is 1. The van der Waals surface area contributed by atoms with Crippen LogP contribution in [0.5, 0.6) is 0 Å². The first kappa shape index (κ1) is 12.6. The highest BCUT2D eigenvalue weighted by molar-refractivity contribution is 5.16. The molecule has 4 nitrogen and oxygen atoms in total. The van der Waals surface area contributed by atoms with Gasteiger partial charge in [0, 0.05) is 32.7 Å². The van der Waals surface area contributed by atoms with Gasteiger partial charge in [-0.15, -0.1) is 0 Å². The van der Waals surface area contributed by atoms with Gasteiger partial charge in [-0.25, -0.2) is 0 Å². The quantitative estimate of drug-likeness (QED) is 0.813. The van der Waals surface area contributed by atoms with Gasteiger partial charge >= 0.3 is 0 Å². The molecule has 0 unspecified atom stereocenters. The van der Waals surface area contributed by atoms with Gasteiger partial charge in [0.2, 0.25) is 0 Å². The molecule has 0 amide bonds. The number of ether oxygens (including phenoxy) is 1. The van der Waals surface area contributed by atoms with Crippen molar-refractivity contribution in [3.05, 3.63) is 35.9 Å². The molecule has 4 heteroatoms. The van der Waals surface area contributed by atoms with Gasteiger partial charge in [0.1, 0.15) is 0 Å². The van der Waals surface area contributed by atoms with Crippen molar-refractivity contribution in [1.29, 1.82) is 5.26 Å². The van der Waals surface area contributed by atoms with Crippen LogP contribution in [0.2, 0.25) is 0 Å². The van der Waals surface area contributed by atoms with E-state index in [1.54, 1.807) is 0 Å².